The highest BCUT2D eigenvalue weighted by Crippen LogP contribution is 2.31. The molecule has 2 unspecified atom stereocenters. The van der Waals surface area contributed by atoms with Gasteiger partial charge in [-0.15, -0.1) is 0 Å². The van der Waals surface area contributed by atoms with Crippen LogP contribution in [0.1, 0.15) is 13.8 Å². The summed E-state index contributed by atoms with van der Waals surface area (Å²) in [6, 6.07) is 0. The van der Waals surface area contributed by atoms with Crippen LogP contribution in [0.4, 0.5) is 0 Å². The van der Waals surface area contributed by atoms with Gasteiger partial charge < -0.3 is 0 Å². The van der Waals surface area contributed by atoms with Crippen molar-refractivity contribution < 1.29 is 0 Å². The molecule has 0 heterocycles. The van der Waals surface area contributed by atoms with Crippen LogP contribution in [-0.2, 0) is 0 Å². The lowest BCUT2D eigenvalue weighted by molar-refractivity contribution is 0.569. The topological polar surface area (TPSA) is 0 Å². The van der Waals surface area contributed by atoms with E-state index >= 15 is 0 Å². The molecule has 1 aliphatic carbocycles. The first kappa shape index (κ1) is 14.2. The van der Waals surface area contributed by atoms with Crippen molar-refractivity contribution in [3.63, 3.8) is 0 Å². The molecule has 18 heavy (non-hydrogen) atoms. The van der Waals surface area contributed by atoms with Crippen LogP contribution in [-0.4, -0.2) is 0 Å². The molecule has 2 atom stereocenters. The highest BCUT2D eigenvalue weighted by molar-refractivity contribution is 5.39. The average molecular weight is 238 g/mol. The minimum atomic E-state index is 0.399. The summed E-state index contributed by atoms with van der Waals surface area (Å²) in [5, 5.41) is 0. The van der Waals surface area contributed by atoms with Gasteiger partial charge in [0, 0.05) is 5.92 Å². The second-order valence-electron chi connectivity index (χ2n) is 4.36. The van der Waals surface area contributed by atoms with Crippen molar-refractivity contribution in [2.45, 2.75) is 13.8 Å². The second kappa shape index (κ2) is 7.50. The molecule has 0 radical (unpaired) electrons. The Morgan fingerprint density at radius 3 is 2.67 bits per heavy atom. The van der Waals surface area contributed by atoms with E-state index in [0.717, 1.165) is 0 Å². The normalized spacial score (nSPS) is 23.6. The molecule has 1 rings (SSSR count). The van der Waals surface area contributed by atoms with E-state index in [9.17, 15) is 0 Å². The van der Waals surface area contributed by atoms with Crippen LogP contribution in [0, 0.1) is 11.8 Å². The van der Waals surface area contributed by atoms with Crippen LogP contribution in [0.3, 0.4) is 0 Å². The van der Waals surface area contributed by atoms with Gasteiger partial charge in [-0.05, 0) is 24.0 Å². The van der Waals surface area contributed by atoms with Crippen LogP contribution in [0.2, 0.25) is 0 Å². The van der Waals surface area contributed by atoms with Gasteiger partial charge in [0.15, 0.2) is 0 Å². The highest BCUT2D eigenvalue weighted by Gasteiger charge is 2.20. The third-order valence-electron chi connectivity index (χ3n) is 3.15. The zero-order valence-corrected chi connectivity index (χ0v) is 11.3. The maximum absolute atomic E-state index is 3.79. The molecule has 0 saturated heterocycles. The van der Waals surface area contributed by atoms with E-state index in [2.05, 4.69) is 68.7 Å². The monoisotopic (exact) mass is 238 g/mol. The molecule has 0 aliphatic heterocycles. The standard InChI is InChI=1S/C18H22/c1-5-10-16(11-6-2)15(4)18-14-9-8-13-17(18)12-7-3/h5-15,18H,1,3H2,2,4H3/b11-6-,16-10+,17-12-. The number of hydrogen-bond acceptors (Lipinski definition) is 0. The summed E-state index contributed by atoms with van der Waals surface area (Å²) in [6.07, 6.45) is 20.7. The molecule has 0 heteroatoms. The van der Waals surface area contributed by atoms with Crippen molar-refractivity contribution in [2.24, 2.45) is 11.8 Å². The van der Waals surface area contributed by atoms with Gasteiger partial charge in [0.2, 0.25) is 0 Å². The molecule has 0 spiro atoms. The molecule has 0 N–H and O–H groups in total. The quantitative estimate of drug-likeness (QED) is 0.580. The Balaban J connectivity index is 3.03. The molecule has 0 fully saturated rings. The molecular formula is C18H22. The summed E-state index contributed by atoms with van der Waals surface area (Å²) >= 11 is 0. The van der Waals surface area contributed by atoms with Crippen LogP contribution < -0.4 is 0 Å². The van der Waals surface area contributed by atoms with Gasteiger partial charge in [-0.2, -0.15) is 0 Å². The first-order chi connectivity index (χ1) is 8.74. The van der Waals surface area contributed by atoms with Crippen molar-refractivity contribution in [2.75, 3.05) is 0 Å². The number of hydrogen-bond donors (Lipinski definition) is 0. The highest BCUT2D eigenvalue weighted by atomic mass is 14.2. The maximum Gasteiger partial charge on any atom is 0.00871 e. The minimum Gasteiger partial charge on any atom is -0.0991 e. The number of rotatable bonds is 5. The smallest absolute Gasteiger partial charge is 0.00871 e. The largest absolute Gasteiger partial charge is 0.0991 e. The fraction of sp³-hybridized carbons (Fsp3) is 0.222. The summed E-state index contributed by atoms with van der Waals surface area (Å²) in [7, 11) is 0. The van der Waals surface area contributed by atoms with Gasteiger partial charge in [0.1, 0.15) is 0 Å². The second-order valence-corrected chi connectivity index (χ2v) is 4.36. The molecule has 0 aromatic heterocycles. The van der Waals surface area contributed by atoms with Gasteiger partial charge in [-0.25, -0.2) is 0 Å². The van der Waals surface area contributed by atoms with E-state index < -0.39 is 0 Å². The SMILES string of the molecule is C=C/C=C(\C=C/C)C(C)C1C=CC=C/C1=C/C=C. The number of allylic oxidation sites excluding steroid dienone is 12. The van der Waals surface area contributed by atoms with Crippen molar-refractivity contribution in [3.8, 4) is 0 Å². The van der Waals surface area contributed by atoms with E-state index in [1.54, 1.807) is 0 Å². The lowest BCUT2D eigenvalue weighted by Gasteiger charge is -2.25. The Morgan fingerprint density at radius 2 is 2.06 bits per heavy atom. The third kappa shape index (κ3) is 3.59. The molecule has 94 valence electrons. The molecule has 0 nitrogen and oxygen atoms in total. The average Bonchev–Trinajstić information content (AvgIpc) is 2.39. The summed E-state index contributed by atoms with van der Waals surface area (Å²) < 4.78 is 0. The van der Waals surface area contributed by atoms with Crippen LogP contribution >= 0.6 is 0 Å². The Labute approximate surface area is 111 Å². The molecular weight excluding hydrogens is 216 g/mol. The van der Waals surface area contributed by atoms with E-state index in [1.807, 2.05) is 19.1 Å². The van der Waals surface area contributed by atoms with E-state index in [0.29, 0.717) is 11.8 Å². The van der Waals surface area contributed by atoms with Crippen molar-refractivity contribution >= 4 is 0 Å². The predicted molar refractivity (Wildman–Crippen MR) is 82.3 cm³/mol. The molecule has 0 saturated carbocycles. The van der Waals surface area contributed by atoms with Crippen molar-refractivity contribution in [1.82, 2.24) is 0 Å². The molecule has 0 amide bonds. The lowest BCUT2D eigenvalue weighted by Crippen LogP contribution is -2.14. The van der Waals surface area contributed by atoms with Crippen LogP contribution in [0.5, 0.6) is 0 Å². The predicted octanol–water partition coefficient (Wildman–Crippen LogP) is 5.17. The molecule has 0 aromatic carbocycles. The van der Waals surface area contributed by atoms with Gasteiger partial charge >= 0.3 is 0 Å². The van der Waals surface area contributed by atoms with Gasteiger partial charge in [0.25, 0.3) is 0 Å². The Bertz CT molecular complexity index is 439. The Morgan fingerprint density at radius 1 is 1.28 bits per heavy atom. The van der Waals surface area contributed by atoms with E-state index in [1.165, 1.54) is 11.1 Å². The maximum atomic E-state index is 3.79. The minimum absolute atomic E-state index is 0.399. The Hall–Kier alpha value is -1.82. The summed E-state index contributed by atoms with van der Waals surface area (Å²) in [5.41, 5.74) is 2.60. The van der Waals surface area contributed by atoms with Gasteiger partial charge in [0.05, 0.1) is 0 Å². The van der Waals surface area contributed by atoms with Crippen LogP contribution in [0.25, 0.3) is 0 Å². The van der Waals surface area contributed by atoms with Crippen molar-refractivity contribution in [3.05, 3.63) is 85.1 Å². The molecule has 1 aliphatic rings. The van der Waals surface area contributed by atoms with Gasteiger partial charge in [-0.1, -0.05) is 80.8 Å². The molecule has 0 bridgehead atoms. The van der Waals surface area contributed by atoms with Gasteiger partial charge in [-0.3, -0.25) is 0 Å². The zero-order chi connectivity index (χ0) is 13.4. The summed E-state index contributed by atoms with van der Waals surface area (Å²) in [5.74, 6) is 0.821. The Kier molecular flexibility index (Phi) is 5.93. The fourth-order valence-corrected chi connectivity index (χ4v) is 2.23. The lowest BCUT2D eigenvalue weighted by atomic mass is 9.79. The fourth-order valence-electron chi connectivity index (χ4n) is 2.23. The first-order valence-electron chi connectivity index (χ1n) is 6.37. The van der Waals surface area contributed by atoms with E-state index in [-0.39, 0.29) is 0 Å². The summed E-state index contributed by atoms with van der Waals surface area (Å²) in [6.45, 7) is 11.9. The third-order valence-corrected chi connectivity index (χ3v) is 3.15. The molecule has 0 aromatic rings. The van der Waals surface area contributed by atoms with E-state index in [4.69, 9.17) is 0 Å². The summed E-state index contributed by atoms with van der Waals surface area (Å²) in [4.78, 5) is 0. The zero-order valence-electron chi connectivity index (χ0n) is 11.3. The van der Waals surface area contributed by atoms with Crippen LogP contribution in [0.15, 0.2) is 85.1 Å². The van der Waals surface area contributed by atoms with Crippen molar-refractivity contribution in [1.29, 1.82) is 0 Å². The first-order valence-corrected chi connectivity index (χ1v) is 6.37.